The van der Waals surface area contributed by atoms with Crippen LogP contribution in [0, 0.1) is 0 Å². The zero-order valence-corrected chi connectivity index (χ0v) is 14.2. The van der Waals surface area contributed by atoms with Crippen LogP contribution in [0.3, 0.4) is 0 Å². The number of hydrogen-bond acceptors (Lipinski definition) is 2. The average Bonchev–Trinajstić information content (AvgIpc) is 3.16. The number of rotatable bonds is 8. The molecule has 0 radical (unpaired) electrons. The number of furan rings is 1. The van der Waals surface area contributed by atoms with Gasteiger partial charge in [0.25, 0.3) is 0 Å². The Morgan fingerprint density at radius 3 is 2.08 bits per heavy atom. The van der Waals surface area contributed by atoms with Gasteiger partial charge in [-0.2, -0.15) is 0 Å². The molecule has 0 spiro atoms. The smallest absolute Gasteiger partial charge is 0.103 e. The Kier molecular flexibility index (Phi) is 5.86. The molecule has 2 aromatic carbocycles. The fraction of sp³-hybridized carbons (Fsp3) is 0.273. The maximum Gasteiger partial charge on any atom is 0.103 e. The lowest BCUT2D eigenvalue weighted by atomic mass is 9.83. The maximum atomic E-state index is 5.54. The van der Waals surface area contributed by atoms with Crippen molar-refractivity contribution in [3.05, 3.63) is 95.9 Å². The van der Waals surface area contributed by atoms with Crippen molar-refractivity contribution < 1.29 is 4.42 Å². The largest absolute Gasteiger partial charge is 0.469 e. The molecule has 0 unspecified atom stereocenters. The Morgan fingerprint density at radius 1 is 0.833 bits per heavy atom. The molecule has 124 valence electrons. The molecule has 0 saturated carbocycles. The monoisotopic (exact) mass is 319 g/mol. The van der Waals surface area contributed by atoms with E-state index in [0.29, 0.717) is 12.0 Å². The van der Waals surface area contributed by atoms with Crippen LogP contribution in [0.15, 0.2) is 83.5 Å². The second-order valence-corrected chi connectivity index (χ2v) is 6.08. The van der Waals surface area contributed by atoms with Gasteiger partial charge >= 0.3 is 0 Å². The fourth-order valence-corrected chi connectivity index (χ4v) is 3.35. The van der Waals surface area contributed by atoms with E-state index in [1.807, 2.05) is 6.07 Å². The third-order valence-corrected chi connectivity index (χ3v) is 4.49. The van der Waals surface area contributed by atoms with Crippen LogP contribution < -0.4 is 5.32 Å². The lowest BCUT2D eigenvalue weighted by molar-refractivity contribution is 0.414. The molecule has 2 nitrogen and oxygen atoms in total. The molecule has 3 rings (SSSR count). The van der Waals surface area contributed by atoms with Gasteiger partial charge in [-0.05, 0) is 36.2 Å². The second-order valence-electron chi connectivity index (χ2n) is 6.08. The number of benzene rings is 2. The average molecular weight is 319 g/mol. The zero-order valence-electron chi connectivity index (χ0n) is 14.2. The SMILES string of the molecule is CCN[C@H](c1ccccc1)[C@H](CCc1ccco1)c1ccccc1. The quantitative estimate of drug-likeness (QED) is 0.605. The van der Waals surface area contributed by atoms with E-state index in [-0.39, 0.29) is 0 Å². The molecule has 0 bridgehead atoms. The predicted octanol–water partition coefficient (Wildman–Crippen LogP) is 5.35. The summed E-state index contributed by atoms with van der Waals surface area (Å²) in [6, 6.07) is 25.9. The van der Waals surface area contributed by atoms with Gasteiger partial charge in [-0.25, -0.2) is 0 Å². The highest BCUT2D eigenvalue weighted by molar-refractivity contribution is 5.28. The van der Waals surface area contributed by atoms with Crippen LogP contribution in [0.1, 0.15) is 42.2 Å². The molecular formula is C22H25NO. The number of hydrogen-bond donors (Lipinski definition) is 1. The van der Waals surface area contributed by atoms with Crippen LogP contribution in [0.2, 0.25) is 0 Å². The van der Waals surface area contributed by atoms with Crippen molar-refractivity contribution >= 4 is 0 Å². The Hall–Kier alpha value is -2.32. The summed E-state index contributed by atoms with van der Waals surface area (Å²) in [4.78, 5) is 0. The molecule has 0 saturated heterocycles. The minimum atomic E-state index is 0.300. The molecule has 0 aliphatic rings. The van der Waals surface area contributed by atoms with Gasteiger partial charge in [0.15, 0.2) is 0 Å². The Balaban J connectivity index is 1.88. The molecule has 24 heavy (non-hydrogen) atoms. The van der Waals surface area contributed by atoms with Crippen molar-refractivity contribution in [2.24, 2.45) is 0 Å². The van der Waals surface area contributed by atoms with Crippen molar-refractivity contribution in [1.29, 1.82) is 0 Å². The van der Waals surface area contributed by atoms with Crippen molar-refractivity contribution in [3.8, 4) is 0 Å². The van der Waals surface area contributed by atoms with Gasteiger partial charge in [0, 0.05) is 18.4 Å². The molecule has 1 aromatic heterocycles. The van der Waals surface area contributed by atoms with E-state index in [4.69, 9.17) is 4.42 Å². The van der Waals surface area contributed by atoms with E-state index in [1.54, 1.807) is 6.26 Å². The summed E-state index contributed by atoms with van der Waals surface area (Å²) in [7, 11) is 0. The first-order chi connectivity index (χ1) is 11.9. The standard InChI is InChI=1S/C22H25NO/c1-2-23-22(19-12-7-4-8-13-19)21(18-10-5-3-6-11-18)16-15-20-14-9-17-24-20/h3-14,17,21-23H,2,15-16H2,1H3/t21-,22-/m1/s1. The minimum absolute atomic E-state index is 0.300. The summed E-state index contributed by atoms with van der Waals surface area (Å²) < 4.78 is 5.54. The molecular weight excluding hydrogens is 294 g/mol. The zero-order chi connectivity index (χ0) is 16.6. The summed E-state index contributed by atoms with van der Waals surface area (Å²) in [6.07, 6.45) is 3.75. The van der Waals surface area contributed by atoms with Crippen LogP contribution in [0.4, 0.5) is 0 Å². The van der Waals surface area contributed by atoms with Crippen LogP contribution in [0.5, 0.6) is 0 Å². The van der Waals surface area contributed by atoms with E-state index in [1.165, 1.54) is 11.1 Å². The fourth-order valence-electron chi connectivity index (χ4n) is 3.35. The van der Waals surface area contributed by atoms with E-state index in [9.17, 15) is 0 Å². The van der Waals surface area contributed by atoms with Crippen molar-refractivity contribution in [3.63, 3.8) is 0 Å². The second kappa shape index (κ2) is 8.51. The van der Waals surface area contributed by atoms with Gasteiger partial charge in [-0.3, -0.25) is 0 Å². The van der Waals surface area contributed by atoms with E-state index in [0.717, 1.165) is 25.1 Å². The number of likely N-dealkylation sites (N-methyl/N-ethyl adjacent to an activating group) is 1. The molecule has 2 heteroatoms. The minimum Gasteiger partial charge on any atom is -0.469 e. The first-order valence-electron chi connectivity index (χ1n) is 8.74. The molecule has 3 aromatic rings. The normalized spacial score (nSPS) is 13.5. The Labute approximate surface area is 144 Å². The van der Waals surface area contributed by atoms with E-state index >= 15 is 0 Å². The van der Waals surface area contributed by atoms with Gasteiger partial charge in [0.05, 0.1) is 6.26 Å². The van der Waals surface area contributed by atoms with Gasteiger partial charge in [0.1, 0.15) is 5.76 Å². The Morgan fingerprint density at radius 2 is 1.50 bits per heavy atom. The Bertz CT molecular complexity index is 691. The molecule has 0 aliphatic carbocycles. The first kappa shape index (κ1) is 16.5. The molecule has 0 amide bonds. The molecule has 2 atom stereocenters. The van der Waals surface area contributed by atoms with Gasteiger partial charge in [-0.15, -0.1) is 0 Å². The summed E-state index contributed by atoms with van der Waals surface area (Å²) in [5, 5.41) is 3.70. The highest BCUT2D eigenvalue weighted by atomic mass is 16.3. The van der Waals surface area contributed by atoms with Crippen molar-refractivity contribution in [2.45, 2.75) is 31.7 Å². The number of aryl methyl sites for hydroxylation is 1. The molecule has 1 N–H and O–H groups in total. The highest BCUT2D eigenvalue weighted by Gasteiger charge is 2.24. The molecule has 0 fully saturated rings. The topological polar surface area (TPSA) is 25.2 Å². The number of nitrogens with one attached hydrogen (secondary N) is 1. The lowest BCUT2D eigenvalue weighted by Crippen LogP contribution is -2.27. The summed E-state index contributed by atoms with van der Waals surface area (Å²) in [5.41, 5.74) is 2.71. The van der Waals surface area contributed by atoms with Crippen LogP contribution in [0.25, 0.3) is 0 Å². The summed E-state index contributed by atoms with van der Waals surface area (Å²) in [5.74, 6) is 1.46. The lowest BCUT2D eigenvalue weighted by Gasteiger charge is -2.29. The van der Waals surface area contributed by atoms with Gasteiger partial charge in [0.2, 0.25) is 0 Å². The maximum absolute atomic E-state index is 5.54. The van der Waals surface area contributed by atoms with Crippen LogP contribution in [-0.2, 0) is 6.42 Å². The molecule has 0 aliphatic heterocycles. The first-order valence-corrected chi connectivity index (χ1v) is 8.74. The van der Waals surface area contributed by atoms with Crippen molar-refractivity contribution in [1.82, 2.24) is 5.32 Å². The van der Waals surface area contributed by atoms with Crippen molar-refractivity contribution in [2.75, 3.05) is 6.54 Å². The summed E-state index contributed by atoms with van der Waals surface area (Å²) >= 11 is 0. The van der Waals surface area contributed by atoms with E-state index in [2.05, 4.69) is 79.0 Å². The summed E-state index contributed by atoms with van der Waals surface area (Å²) in [6.45, 7) is 3.12. The van der Waals surface area contributed by atoms with Gasteiger partial charge < -0.3 is 9.73 Å². The molecule has 1 heterocycles. The highest BCUT2D eigenvalue weighted by Crippen LogP contribution is 2.34. The third-order valence-electron chi connectivity index (χ3n) is 4.49. The van der Waals surface area contributed by atoms with Crippen LogP contribution >= 0.6 is 0 Å². The third kappa shape index (κ3) is 4.15. The predicted molar refractivity (Wildman–Crippen MR) is 99.1 cm³/mol. The van der Waals surface area contributed by atoms with E-state index < -0.39 is 0 Å². The van der Waals surface area contributed by atoms with Gasteiger partial charge in [-0.1, -0.05) is 67.6 Å². The van der Waals surface area contributed by atoms with Crippen LogP contribution in [-0.4, -0.2) is 6.54 Å².